The Kier molecular flexibility index (Phi) is 4.65. The second-order valence-electron chi connectivity index (χ2n) is 4.68. The average molecular weight is 307 g/mol. The van der Waals surface area contributed by atoms with Gasteiger partial charge in [-0.1, -0.05) is 11.6 Å². The van der Waals surface area contributed by atoms with Crippen molar-refractivity contribution in [1.29, 1.82) is 0 Å². The number of pyridine rings is 1. The van der Waals surface area contributed by atoms with E-state index in [0.29, 0.717) is 5.82 Å². The zero-order valence-corrected chi connectivity index (χ0v) is 12.4. The fourth-order valence-corrected chi connectivity index (χ4v) is 1.93. The molecular weight excluding hydrogens is 292 g/mol. The van der Waals surface area contributed by atoms with Gasteiger partial charge >= 0.3 is 5.97 Å². The number of anilines is 2. The molecule has 0 fully saturated rings. The van der Waals surface area contributed by atoms with Crippen LogP contribution in [0.1, 0.15) is 24.2 Å². The third-order valence-electron chi connectivity index (χ3n) is 2.54. The largest absolute Gasteiger partial charge is 0.491 e. The number of carboxylic acid groups (broad SMARTS) is 1. The molecule has 110 valence electrons. The molecule has 0 saturated carbocycles. The molecule has 2 N–H and O–H groups in total. The molecule has 21 heavy (non-hydrogen) atoms. The van der Waals surface area contributed by atoms with Crippen LogP contribution in [0.15, 0.2) is 36.4 Å². The van der Waals surface area contributed by atoms with Crippen LogP contribution in [-0.2, 0) is 0 Å². The number of nitrogens with zero attached hydrogens (tertiary/aromatic N) is 1. The monoisotopic (exact) mass is 306 g/mol. The lowest BCUT2D eigenvalue weighted by Crippen LogP contribution is -2.05. The van der Waals surface area contributed by atoms with Gasteiger partial charge in [-0.25, -0.2) is 9.78 Å². The smallest absolute Gasteiger partial charge is 0.335 e. The van der Waals surface area contributed by atoms with E-state index in [9.17, 15) is 4.79 Å². The van der Waals surface area contributed by atoms with Gasteiger partial charge in [-0.2, -0.15) is 0 Å². The van der Waals surface area contributed by atoms with E-state index in [1.807, 2.05) is 38.1 Å². The Morgan fingerprint density at radius 1 is 1.29 bits per heavy atom. The van der Waals surface area contributed by atoms with Gasteiger partial charge in [0.1, 0.15) is 16.7 Å². The Morgan fingerprint density at radius 2 is 1.95 bits per heavy atom. The van der Waals surface area contributed by atoms with E-state index in [-0.39, 0.29) is 16.8 Å². The summed E-state index contributed by atoms with van der Waals surface area (Å²) >= 11 is 5.81. The number of nitrogens with one attached hydrogen (secondary N) is 1. The zero-order valence-electron chi connectivity index (χ0n) is 11.6. The van der Waals surface area contributed by atoms with Crippen molar-refractivity contribution in [3.8, 4) is 5.75 Å². The van der Waals surface area contributed by atoms with Crippen molar-refractivity contribution < 1.29 is 14.6 Å². The molecule has 1 heterocycles. The Hall–Kier alpha value is -2.27. The molecule has 0 bridgehead atoms. The van der Waals surface area contributed by atoms with Crippen LogP contribution in [0.25, 0.3) is 0 Å². The van der Waals surface area contributed by atoms with Crippen molar-refractivity contribution in [2.75, 3.05) is 5.32 Å². The maximum absolute atomic E-state index is 11.0. The number of carboxylic acids is 1. The highest BCUT2D eigenvalue weighted by molar-refractivity contribution is 6.29. The predicted octanol–water partition coefficient (Wildman–Crippen LogP) is 3.96. The number of aromatic carboxylic acids is 1. The Balaban J connectivity index is 2.16. The molecule has 6 heteroatoms. The first kappa shape index (κ1) is 15.1. The van der Waals surface area contributed by atoms with Gasteiger partial charge < -0.3 is 15.2 Å². The van der Waals surface area contributed by atoms with Crippen molar-refractivity contribution in [3.63, 3.8) is 0 Å². The molecular formula is C15H15ClN2O3. The van der Waals surface area contributed by atoms with Gasteiger partial charge in [-0.05, 0) is 50.2 Å². The first-order valence-electron chi connectivity index (χ1n) is 6.38. The molecule has 0 aliphatic heterocycles. The molecule has 2 aromatic rings. The minimum absolute atomic E-state index is 0.0808. The second-order valence-corrected chi connectivity index (χ2v) is 5.07. The molecule has 0 aliphatic rings. The van der Waals surface area contributed by atoms with Gasteiger partial charge in [-0.15, -0.1) is 0 Å². The molecule has 0 unspecified atom stereocenters. The number of benzene rings is 1. The van der Waals surface area contributed by atoms with Crippen LogP contribution in [0.4, 0.5) is 11.5 Å². The third kappa shape index (κ3) is 4.36. The summed E-state index contributed by atoms with van der Waals surface area (Å²) in [5, 5.41) is 12.1. The zero-order chi connectivity index (χ0) is 15.4. The summed E-state index contributed by atoms with van der Waals surface area (Å²) in [7, 11) is 0. The van der Waals surface area contributed by atoms with Crippen LogP contribution in [0.2, 0.25) is 5.15 Å². The highest BCUT2D eigenvalue weighted by Gasteiger charge is 2.08. The van der Waals surface area contributed by atoms with Gasteiger partial charge in [-0.3, -0.25) is 0 Å². The molecule has 1 aromatic heterocycles. The van der Waals surface area contributed by atoms with Gasteiger partial charge in [0, 0.05) is 5.69 Å². The number of ether oxygens (including phenoxy) is 1. The molecule has 0 spiro atoms. The second kappa shape index (κ2) is 6.45. The number of halogens is 1. The maximum atomic E-state index is 11.0. The standard InChI is InChI=1S/C15H15ClN2O3/c1-9(2)21-12-5-3-11(4-6-12)17-14-8-10(15(19)20)7-13(16)18-14/h3-9H,1-2H3,(H,17,18)(H,19,20). The van der Waals surface area contributed by atoms with Crippen molar-refractivity contribution in [2.45, 2.75) is 20.0 Å². The lowest BCUT2D eigenvalue weighted by molar-refractivity contribution is 0.0697. The molecule has 0 radical (unpaired) electrons. The number of carbonyl (C=O) groups is 1. The van der Waals surface area contributed by atoms with Gasteiger partial charge in [0.05, 0.1) is 11.7 Å². The lowest BCUT2D eigenvalue weighted by atomic mass is 10.2. The fourth-order valence-electron chi connectivity index (χ4n) is 1.72. The molecule has 5 nitrogen and oxygen atoms in total. The topological polar surface area (TPSA) is 71.5 Å². The highest BCUT2D eigenvalue weighted by Crippen LogP contribution is 2.22. The lowest BCUT2D eigenvalue weighted by Gasteiger charge is -2.11. The normalized spacial score (nSPS) is 10.5. The minimum atomic E-state index is -1.05. The summed E-state index contributed by atoms with van der Waals surface area (Å²) in [6.45, 7) is 3.91. The first-order valence-corrected chi connectivity index (χ1v) is 6.76. The summed E-state index contributed by atoms with van der Waals surface area (Å²) in [6, 6.07) is 10.0. The van der Waals surface area contributed by atoms with E-state index in [4.69, 9.17) is 21.4 Å². The van der Waals surface area contributed by atoms with Crippen LogP contribution in [-0.4, -0.2) is 22.2 Å². The predicted molar refractivity (Wildman–Crippen MR) is 81.7 cm³/mol. The third-order valence-corrected chi connectivity index (χ3v) is 2.73. The minimum Gasteiger partial charge on any atom is -0.491 e. The summed E-state index contributed by atoms with van der Waals surface area (Å²) in [5.74, 6) is 0.0845. The summed E-state index contributed by atoms with van der Waals surface area (Å²) in [6.07, 6.45) is 0.108. The SMILES string of the molecule is CC(C)Oc1ccc(Nc2cc(C(=O)O)cc(Cl)n2)cc1. The Labute approximate surface area is 127 Å². The van der Waals surface area contributed by atoms with Crippen LogP contribution in [0.3, 0.4) is 0 Å². The molecule has 2 rings (SSSR count). The average Bonchev–Trinajstić information content (AvgIpc) is 2.39. The van der Waals surface area contributed by atoms with Crippen LogP contribution < -0.4 is 10.1 Å². The van der Waals surface area contributed by atoms with Gasteiger partial charge in [0.2, 0.25) is 0 Å². The van der Waals surface area contributed by atoms with Crippen LogP contribution >= 0.6 is 11.6 Å². The molecule has 0 amide bonds. The van der Waals surface area contributed by atoms with E-state index in [1.54, 1.807) is 0 Å². The summed E-state index contributed by atoms with van der Waals surface area (Å²) < 4.78 is 5.55. The molecule has 1 aromatic carbocycles. The molecule has 0 atom stereocenters. The van der Waals surface area contributed by atoms with Crippen LogP contribution in [0, 0.1) is 0 Å². The number of aromatic nitrogens is 1. The number of rotatable bonds is 5. The van der Waals surface area contributed by atoms with Crippen LogP contribution in [0.5, 0.6) is 5.75 Å². The van der Waals surface area contributed by atoms with Crippen molar-refractivity contribution in [2.24, 2.45) is 0 Å². The van der Waals surface area contributed by atoms with Gasteiger partial charge in [0.15, 0.2) is 0 Å². The Morgan fingerprint density at radius 3 is 2.52 bits per heavy atom. The van der Waals surface area contributed by atoms with Crippen molar-refractivity contribution >= 4 is 29.1 Å². The molecule has 0 aliphatic carbocycles. The highest BCUT2D eigenvalue weighted by atomic mass is 35.5. The summed E-state index contributed by atoms with van der Waals surface area (Å²) in [5.41, 5.74) is 0.842. The Bertz CT molecular complexity index is 642. The van der Waals surface area contributed by atoms with E-state index < -0.39 is 5.97 Å². The van der Waals surface area contributed by atoms with Crippen molar-refractivity contribution in [1.82, 2.24) is 4.98 Å². The van der Waals surface area contributed by atoms with E-state index >= 15 is 0 Å². The maximum Gasteiger partial charge on any atom is 0.335 e. The fraction of sp³-hybridized carbons (Fsp3) is 0.200. The summed E-state index contributed by atoms with van der Waals surface area (Å²) in [4.78, 5) is 15.0. The van der Waals surface area contributed by atoms with E-state index in [1.165, 1.54) is 12.1 Å². The van der Waals surface area contributed by atoms with E-state index in [0.717, 1.165) is 11.4 Å². The van der Waals surface area contributed by atoms with E-state index in [2.05, 4.69) is 10.3 Å². The quantitative estimate of drug-likeness (QED) is 0.818. The van der Waals surface area contributed by atoms with Gasteiger partial charge in [0.25, 0.3) is 0 Å². The molecule has 0 saturated heterocycles. The number of hydrogen-bond acceptors (Lipinski definition) is 4. The van der Waals surface area contributed by atoms with Crippen molar-refractivity contribution in [3.05, 3.63) is 47.1 Å². The first-order chi connectivity index (χ1) is 9.94. The number of hydrogen-bond donors (Lipinski definition) is 2.